The van der Waals surface area contributed by atoms with Gasteiger partial charge in [-0.15, -0.1) is 0 Å². The summed E-state index contributed by atoms with van der Waals surface area (Å²) in [4.78, 5) is 44.5. The van der Waals surface area contributed by atoms with Crippen LogP contribution < -0.4 is 10.2 Å². The maximum Gasteiger partial charge on any atom is 0.256 e. The van der Waals surface area contributed by atoms with Gasteiger partial charge in [-0.1, -0.05) is 48.9 Å². The maximum absolute atomic E-state index is 13.7. The minimum absolute atomic E-state index is 0.0277. The van der Waals surface area contributed by atoms with Crippen molar-refractivity contribution in [2.75, 3.05) is 43.4 Å². The fourth-order valence-electron chi connectivity index (χ4n) is 4.58. The molecule has 198 valence electrons. The van der Waals surface area contributed by atoms with Crippen LogP contribution in [0.3, 0.4) is 0 Å². The highest BCUT2D eigenvalue weighted by molar-refractivity contribution is 6.30. The van der Waals surface area contributed by atoms with E-state index in [-0.39, 0.29) is 17.7 Å². The van der Waals surface area contributed by atoms with E-state index in [0.717, 1.165) is 17.7 Å². The minimum Gasteiger partial charge on any atom is -0.369 e. The van der Waals surface area contributed by atoms with Crippen molar-refractivity contribution in [2.24, 2.45) is 0 Å². The van der Waals surface area contributed by atoms with Gasteiger partial charge in [-0.05, 0) is 54.4 Å². The van der Waals surface area contributed by atoms with E-state index in [4.69, 9.17) is 11.6 Å². The first-order valence-corrected chi connectivity index (χ1v) is 13.3. The Morgan fingerprint density at radius 3 is 2.37 bits per heavy atom. The number of carbonyl (C=O) groups excluding carboxylic acids is 3. The SMILES string of the molecule is CCC(=O)Nc1ccc(N2CCCN(C(=O)c3ccc(Cl)cc3)CC2)c(C(=O)N(C)Cc2ccccc2)c1. The lowest BCUT2D eigenvalue weighted by molar-refractivity contribution is -0.115. The molecule has 0 atom stereocenters. The van der Waals surface area contributed by atoms with Crippen molar-refractivity contribution >= 4 is 40.7 Å². The Kier molecular flexibility index (Phi) is 9.02. The zero-order valence-corrected chi connectivity index (χ0v) is 22.6. The van der Waals surface area contributed by atoms with Crippen molar-refractivity contribution in [1.82, 2.24) is 9.80 Å². The quantitative estimate of drug-likeness (QED) is 0.447. The smallest absolute Gasteiger partial charge is 0.256 e. The molecular weight excluding hydrogens is 500 g/mol. The molecule has 8 heteroatoms. The lowest BCUT2D eigenvalue weighted by Crippen LogP contribution is -2.36. The number of nitrogens with zero attached hydrogens (tertiary/aromatic N) is 3. The third-order valence-corrected chi connectivity index (χ3v) is 6.91. The van der Waals surface area contributed by atoms with Crippen molar-refractivity contribution in [3.63, 3.8) is 0 Å². The van der Waals surface area contributed by atoms with E-state index < -0.39 is 0 Å². The van der Waals surface area contributed by atoms with Gasteiger partial charge in [0, 0.05) is 68.2 Å². The molecule has 3 amide bonds. The molecule has 1 saturated heterocycles. The van der Waals surface area contributed by atoms with Crippen LogP contribution in [-0.4, -0.2) is 60.7 Å². The fraction of sp³-hybridized carbons (Fsp3) is 0.300. The van der Waals surface area contributed by atoms with Gasteiger partial charge in [0.25, 0.3) is 11.8 Å². The van der Waals surface area contributed by atoms with Gasteiger partial charge in [-0.2, -0.15) is 0 Å². The molecule has 0 unspecified atom stereocenters. The maximum atomic E-state index is 13.7. The van der Waals surface area contributed by atoms with Crippen LogP contribution in [0.5, 0.6) is 0 Å². The Morgan fingerprint density at radius 1 is 0.921 bits per heavy atom. The number of halogens is 1. The molecule has 38 heavy (non-hydrogen) atoms. The van der Waals surface area contributed by atoms with E-state index in [9.17, 15) is 14.4 Å². The average molecular weight is 533 g/mol. The van der Waals surface area contributed by atoms with Gasteiger partial charge in [0.1, 0.15) is 0 Å². The monoisotopic (exact) mass is 532 g/mol. The van der Waals surface area contributed by atoms with Crippen LogP contribution in [0.2, 0.25) is 5.02 Å². The summed E-state index contributed by atoms with van der Waals surface area (Å²) in [5.74, 6) is -0.269. The van der Waals surface area contributed by atoms with Crippen LogP contribution in [0, 0.1) is 0 Å². The summed E-state index contributed by atoms with van der Waals surface area (Å²) >= 11 is 5.98. The molecule has 7 nitrogen and oxygen atoms in total. The van der Waals surface area contributed by atoms with E-state index in [1.807, 2.05) is 47.4 Å². The van der Waals surface area contributed by atoms with Gasteiger partial charge in [-0.3, -0.25) is 14.4 Å². The van der Waals surface area contributed by atoms with E-state index in [2.05, 4.69) is 10.2 Å². The largest absolute Gasteiger partial charge is 0.369 e. The molecule has 1 N–H and O–H groups in total. The van der Waals surface area contributed by atoms with Crippen LogP contribution in [0.15, 0.2) is 72.8 Å². The fourth-order valence-corrected chi connectivity index (χ4v) is 4.71. The molecule has 1 aliphatic rings. The van der Waals surface area contributed by atoms with Crippen LogP contribution in [-0.2, 0) is 11.3 Å². The highest BCUT2D eigenvalue weighted by atomic mass is 35.5. The van der Waals surface area contributed by atoms with Crippen molar-refractivity contribution in [3.05, 3.63) is 94.5 Å². The van der Waals surface area contributed by atoms with E-state index in [1.54, 1.807) is 49.2 Å². The normalized spacial score (nSPS) is 13.6. The number of rotatable bonds is 7. The highest BCUT2D eigenvalue weighted by Crippen LogP contribution is 2.28. The Bertz CT molecular complexity index is 1280. The Labute approximate surface area is 229 Å². The summed E-state index contributed by atoms with van der Waals surface area (Å²) in [5.41, 5.74) is 3.55. The summed E-state index contributed by atoms with van der Waals surface area (Å²) < 4.78 is 0. The average Bonchev–Trinajstić information content (AvgIpc) is 3.19. The number of hydrogen-bond acceptors (Lipinski definition) is 4. The number of nitrogens with one attached hydrogen (secondary N) is 1. The second-order valence-corrected chi connectivity index (χ2v) is 9.86. The molecule has 1 heterocycles. The van der Waals surface area contributed by atoms with Gasteiger partial charge in [0.15, 0.2) is 0 Å². The molecule has 0 aromatic heterocycles. The van der Waals surface area contributed by atoms with Crippen molar-refractivity contribution in [2.45, 2.75) is 26.3 Å². The van der Waals surface area contributed by atoms with Gasteiger partial charge in [-0.25, -0.2) is 0 Å². The molecular formula is C30H33ClN4O3. The second-order valence-electron chi connectivity index (χ2n) is 9.42. The number of amides is 3. The summed E-state index contributed by atoms with van der Waals surface area (Å²) in [7, 11) is 1.78. The van der Waals surface area contributed by atoms with Gasteiger partial charge in [0.05, 0.1) is 5.56 Å². The molecule has 1 fully saturated rings. The van der Waals surface area contributed by atoms with Crippen molar-refractivity contribution in [1.29, 1.82) is 0 Å². The summed E-state index contributed by atoms with van der Waals surface area (Å²) in [6, 6.07) is 22.3. The number of benzene rings is 3. The Hall–Kier alpha value is -3.84. The molecule has 0 aliphatic carbocycles. The van der Waals surface area contributed by atoms with Gasteiger partial charge >= 0.3 is 0 Å². The first kappa shape index (κ1) is 27.2. The molecule has 1 aliphatic heterocycles. The van der Waals surface area contributed by atoms with Crippen LogP contribution in [0.4, 0.5) is 11.4 Å². The van der Waals surface area contributed by atoms with Crippen molar-refractivity contribution in [3.8, 4) is 0 Å². The summed E-state index contributed by atoms with van der Waals surface area (Å²) in [6.45, 7) is 4.70. The third-order valence-electron chi connectivity index (χ3n) is 6.66. The lowest BCUT2D eigenvalue weighted by Gasteiger charge is -2.28. The van der Waals surface area contributed by atoms with E-state index in [1.165, 1.54) is 0 Å². The van der Waals surface area contributed by atoms with E-state index >= 15 is 0 Å². The summed E-state index contributed by atoms with van der Waals surface area (Å²) in [6.07, 6.45) is 1.11. The molecule has 0 radical (unpaired) electrons. The molecule has 0 saturated carbocycles. The minimum atomic E-state index is -0.130. The van der Waals surface area contributed by atoms with Gasteiger partial charge in [0.2, 0.25) is 5.91 Å². The lowest BCUT2D eigenvalue weighted by atomic mass is 10.1. The van der Waals surface area contributed by atoms with Crippen LogP contribution >= 0.6 is 11.6 Å². The zero-order valence-electron chi connectivity index (χ0n) is 21.8. The second kappa shape index (κ2) is 12.6. The van der Waals surface area contributed by atoms with Gasteiger partial charge < -0.3 is 20.0 Å². The topological polar surface area (TPSA) is 73.0 Å². The predicted molar refractivity (Wildman–Crippen MR) is 152 cm³/mol. The third kappa shape index (κ3) is 6.72. The summed E-state index contributed by atoms with van der Waals surface area (Å²) in [5, 5.41) is 3.47. The predicted octanol–water partition coefficient (Wildman–Crippen LogP) is 5.31. The number of hydrogen-bond donors (Lipinski definition) is 1. The van der Waals surface area contributed by atoms with E-state index in [0.29, 0.717) is 61.0 Å². The molecule has 0 spiro atoms. The molecule has 3 aromatic carbocycles. The zero-order chi connectivity index (χ0) is 27.1. The first-order valence-electron chi connectivity index (χ1n) is 12.9. The van der Waals surface area contributed by atoms with Crippen molar-refractivity contribution < 1.29 is 14.4 Å². The van der Waals surface area contributed by atoms with Crippen LogP contribution in [0.1, 0.15) is 46.0 Å². The molecule has 4 rings (SSSR count). The Balaban J connectivity index is 1.56. The molecule has 3 aromatic rings. The highest BCUT2D eigenvalue weighted by Gasteiger charge is 2.25. The first-order chi connectivity index (χ1) is 18.4. The molecule has 0 bridgehead atoms. The van der Waals surface area contributed by atoms with Crippen LogP contribution in [0.25, 0.3) is 0 Å². The number of carbonyl (C=O) groups is 3. The number of anilines is 2. The standard InChI is InChI=1S/C30H33ClN4O3/c1-3-28(36)32-25-14-15-27(26(20-25)30(38)33(2)21-22-8-5-4-6-9-22)34-16-7-17-35(19-18-34)29(37)23-10-12-24(31)13-11-23/h4-6,8-15,20H,3,7,16-19,21H2,1-2H3,(H,32,36). The Morgan fingerprint density at radius 2 is 1.66 bits per heavy atom.